The van der Waals surface area contributed by atoms with Crippen molar-refractivity contribution in [1.29, 1.82) is 0 Å². The van der Waals surface area contributed by atoms with E-state index in [-0.39, 0.29) is 17.7 Å². The van der Waals surface area contributed by atoms with E-state index in [1.807, 2.05) is 48.5 Å². The monoisotopic (exact) mass is 315 g/mol. The average molecular weight is 316 g/mol. The summed E-state index contributed by atoms with van der Waals surface area (Å²) in [5, 5.41) is 13.4. The summed E-state index contributed by atoms with van der Waals surface area (Å²) in [6, 6.07) is 15.0. The van der Waals surface area contributed by atoms with Crippen LogP contribution in [0.25, 0.3) is 0 Å². The van der Waals surface area contributed by atoms with Crippen LogP contribution in [0.15, 0.2) is 48.5 Å². The molecule has 0 spiro atoms. The number of halogens is 1. The number of rotatable bonds is 4. The van der Waals surface area contributed by atoms with Gasteiger partial charge >= 0.3 is 0 Å². The highest BCUT2D eigenvalue weighted by Crippen LogP contribution is 2.48. The topological polar surface area (TPSA) is 49.3 Å². The fraction of sp³-hybridized carbons (Fsp3) is 0.278. The molecule has 1 aliphatic carbocycles. The molecule has 2 N–H and O–H groups in total. The molecule has 1 fully saturated rings. The van der Waals surface area contributed by atoms with Crippen LogP contribution in [0.1, 0.15) is 36.5 Å². The number of aliphatic hydroxyl groups is 1. The maximum atomic E-state index is 12.4. The molecule has 3 nitrogen and oxygen atoms in total. The van der Waals surface area contributed by atoms with Gasteiger partial charge < -0.3 is 10.4 Å². The van der Waals surface area contributed by atoms with Crippen LogP contribution in [0, 0.1) is 5.92 Å². The summed E-state index contributed by atoms with van der Waals surface area (Å²) in [5.74, 6) is 0.205. The van der Waals surface area contributed by atoms with Crippen molar-refractivity contribution in [3.63, 3.8) is 0 Å². The number of aliphatic hydroxyl groups excluding tert-OH is 1. The Balaban J connectivity index is 1.70. The van der Waals surface area contributed by atoms with Crippen LogP contribution in [0.2, 0.25) is 5.02 Å². The van der Waals surface area contributed by atoms with Crippen LogP contribution in [0.5, 0.6) is 0 Å². The van der Waals surface area contributed by atoms with Crippen LogP contribution >= 0.6 is 11.6 Å². The summed E-state index contributed by atoms with van der Waals surface area (Å²) < 4.78 is 0. The third-order valence-electron chi connectivity index (χ3n) is 4.07. The van der Waals surface area contributed by atoms with Gasteiger partial charge in [-0.2, -0.15) is 0 Å². The van der Waals surface area contributed by atoms with Crippen molar-refractivity contribution in [2.75, 3.05) is 5.32 Å². The molecule has 0 heterocycles. The van der Waals surface area contributed by atoms with Crippen LogP contribution in [0.3, 0.4) is 0 Å². The van der Waals surface area contributed by atoms with Crippen molar-refractivity contribution in [3.8, 4) is 0 Å². The molecule has 3 unspecified atom stereocenters. The molecule has 0 radical (unpaired) electrons. The van der Waals surface area contributed by atoms with Gasteiger partial charge in [0, 0.05) is 22.2 Å². The highest BCUT2D eigenvalue weighted by atomic mass is 35.5. The van der Waals surface area contributed by atoms with Gasteiger partial charge in [0.1, 0.15) is 0 Å². The predicted octanol–water partition coefficient (Wildman–Crippen LogP) is 4.14. The van der Waals surface area contributed by atoms with Gasteiger partial charge in [-0.3, -0.25) is 4.79 Å². The molecule has 0 aliphatic heterocycles. The predicted molar refractivity (Wildman–Crippen MR) is 88.0 cm³/mol. The lowest BCUT2D eigenvalue weighted by atomic mass is 10.1. The third kappa shape index (κ3) is 3.16. The Bertz CT molecular complexity index is 699. The van der Waals surface area contributed by atoms with Gasteiger partial charge in [0.25, 0.3) is 0 Å². The molecule has 114 valence electrons. The number of anilines is 1. The number of carbonyl (C=O) groups is 1. The van der Waals surface area contributed by atoms with Crippen LogP contribution in [-0.4, -0.2) is 11.0 Å². The van der Waals surface area contributed by atoms with Crippen molar-refractivity contribution in [2.45, 2.75) is 25.4 Å². The largest absolute Gasteiger partial charge is 0.389 e. The average Bonchev–Trinajstić information content (AvgIpc) is 3.28. The smallest absolute Gasteiger partial charge is 0.228 e. The lowest BCUT2D eigenvalue weighted by Gasteiger charge is -2.13. The molecule has 2 aromatic rings. The van der Waals surface area contributed by atoms with Gasteiger partial charge in [0.15, 0.2) is 0 Å². The molecule has 1 aliphatic rings. The third-order valence-corrected chi connectivity index (χ3v) is 4.31. The highest BCUT2D eigenvalue weighted by Gasteiger charge is 2.44. The van der Waals surface area contributed by atoms with Gasteiger partial charge in [-0.15, -0.1) is 0 Å². The minimum atomic E-state index is -0.612. The van der Waals surface area contributed by atoms with E-state index in [0.29, 0.717) is 10.7 Å². The zero-order valence-electron chi connectivity index (χ0n) is 12.3. The minimum absolute atomic E-state index is 0.00178. The van der Waals surface area contributed by atoms with E-state index in [1.54, 1.807) is 6.92 Å². The van der Waals surface area contributed by atoms with Crippen LogP contribution < -0.4 is 5.32 Å². The van der Waals surface area contributed by atoms with E-state index in [9.17, 15) is 9.90 Å². The number of amides is 1. The van der Waals surface area contributed by atoms with Crippen molar-refractivity contribution in [2.24, 2.45) is 5.92 Å². The maximum Gasteiger partial charge on any atom is 0.228 e. The fourth-order valence-electron chi connectivity index (χ4n) is 2.79. The number of nitrogens with one attached hydrogen (secondary N) is 1. The Hall–Kier alpha value is -1.84. The molecule has 1 amide bonds. The molecule has 22 heavy (non-hydrogen) atoms. The number of hydrogen-bond donors (Lipinski definition) is 2. The first-order valence-corrected chi connectivity index (χ1v) is 7.77. The molecule has 4 heteroatoms. The molecular weight excluding hydrogens is 298 g/mol. The lowest BCUT2D eigenvalue weighted by Crippen LogP contribution is -2.16. The molecular formula is C18H18ClNO2. The summed E-state index contributed by atoms with van der Waals surface area (Å²) in [7, 11) is 0. The summed E-state index contributed by atoms with van der Waals surface area (Å²) in [4.78, 5) is 12.4. The maximum absolute atomic E-state index is 12.4. The number of carbonyl (C=O) groups excluding carboxylic acids is 1. The normalized spacial score (nSPS) is 21.2. The zero-order chi connectivity index (χ0) is 15.7. The summed E-state index contributed by atoms with van der Waals surface area (Å²) >= 11 is 6.00. The standard InChI is InChI=1S/C18H18ClNO2/c1-11(21)14-7-2-3-8-17(14)20-18(22)16-10-15(16)12-5-4-6-13(19)9-12/h2-9,11,15-16,21H,10H2,1H3,(H,20,22). The van der Waals surface area contributed by atoms with Crippen molar-refractivity contribution in [1.82, 2.24) is 0 Å². The van der Waals surface area contributed by atoms with Crippen molar-refractivity contribution in [3.05, 3.63) is 64.7 Å². The van der Waals surface area contributed by atoms with Gasteiger partial charge in [-0.1, -0.05) is 41.9 Å². The van der Waals surface area contributed by atoms with E-state index in [0.717, 1.165) is 17.5 Å². The fourth-order valence-corrected chi connectivity index (χ4v) is 2.99. The first-order chi connectivity index (χ1) is 10.6. The van der Waals surface area contributed by atoms with Gasteiger partial charge in [-0.25, -0.2) is 0 Å². The van der Waals surface area contributed by atoms with Gasteiger partial charge in [0.05, 0.1) is 6.10 Å². The SMILES string of the molecule is CC(O)c1ccccc1NC(=O)C1CC1c1cccc(Cl)c1. The number of hydrogen-bond acceptors (Lipinski definition) is 2. The van der Waals surface area contributed by atoms with Crippen LogP contribution in [0.4, 0.5) is 5.69 Å². The quantitative estimate of drug-likeness (QED) is 0.891. The second-order valence-corrected chi connectivity index (χ2v) is 6.19. The van der Waals surface area contributed by atoms with Gasteiger partial charge in [-0.05, 0) is 43.0 Å². The lowest BCUT2D eigenvalue weighted by molar-refractivity contribution is -0.117. The first kappa shape index (κ1) is 15.1. The minimum Gasteiger partial charge on any atom is -0.389 e. The summed E-state index contributed by atoms with van der Waals surface area (Å²) in [5.41, 5.74) is 2.52. The van der Waals surface area contributed by atoms with Crippen LogP contribution in [-0.2, 0) is 4.79 Å². The van der Waals surface area contributed by atoms with Crippen molar-refractivity contribution < 1.29 is 9.90 Å². The Kier molecular flexibility index (Phi) is 4.19. The van der Waals surface area contributed by atoms with E-state index >= 15 is 0 Å². The molecule has 0 bridgehead atoms. The number of benzene rings is 2. The second-order valence-electron chi connectivity index (χ2n) is 5.76. The first-order valence-electron chi connectivity index (χ1n) is 7.39. The summed E-state index contributed by atoms with van der Waals surface area (Å²) in [6.45, 7) is 1.69. The molecule has 0 saturated heterocycles. The number of para-hydroxylation sites is 1. The molecule has 2 aromatic carbocycles. The second kappa shape index (κ2) is 6.11. The van der Waals surface area contributed by atoms with E-state index in [4.69, 9.17) is 11.6 Å². The Labute approximate surface area is 134 Å². The van der Waals surface area contributed by atoms with Gasteiger partial charge in [0.2, 0.25) is 5.91 Å². The highest BCUT2D eigenvalue weighted by molar-refractivity contribution is 6.30. The molecule has 3 atom stereocenters. The molecule has 3 rings (SSSR count). The molecule has 0 aromatic heterocycles. The Morgan fingerprint density at radius 3 is 2.77 bits per heavy atom. The zero-order valence-corrected chi connectivity index (χ0v) is 13.0. The van der Waals surface area contributed by atoms with E-state index in [1.165, 1.54) is 0 Å². The van der Waals surface area contributed by atoms with Crippen molar-refractivity contribution >= 4 is 23.2 Å². The van der Waals surface area contributed by atoms with E-state index < -0.39 is 6.10 Å². The Morgan fingerprint density at radius 1 is 1.27 bits per heavy atom. The summed E-state index contributed by atoms with van der Waals surface area (Å²) in [6.07, 6.45) is 0.225. The van der Waals surface area contributed by atoms with E-state index in [2.05, 4.69) is 5.32 Å². The Morgan fingerprint density at radius 2 is 2.05 bits per heavy atom. The molecule has 1 saturated carbocycles.